The van der Waals surface area contributed by atoms with Gasteiger partial charge in [-0.1, -0.05) is 40.4 Å². The summed E-state index contributed by atoms with van der Waals surface area (Å²) in [5.41, 5.74) is 0.954. The number of nitrogens with zero attached hydrogens (tertiary/aromatic N) is 3. The fourth-order valence-corrected chi connectivity index (χ4v) is 3.74. The molecule has 0 bridgehead atoms. The second-order valence-corrected chi connectivity index (χ2v) is 7.64. The Bertz CT molecular complexity index is 866. The van der Waals surface area contributed by atoms with E-state index < -0.39 is 0 Å². The quantitative estimate of drug-likeness (QED) is 0.564. The monoisotopic (exact) mass is 393 g/mol. The number of hydrogen-bond acceptors (Lipinski definition) is 8. The summed E-state index contributed by atoms with van der Waals surface area (Å²) in [7, 11) is 0. The van der Waals surface area contributed by atoms with Gasteiger partial charge in [-0.25, -0.2) is 4.39 Å². The van der Waals surface area contributed by atoms with Crippen LogP contribution >= 0.6 is 23.1 Å². The van der Waals surface area contributed by atoms with E-state index in [4.69, 9.17) is 4.52 Å². The first-order valence-corrected chi connectivity index (χ1v) is 9.56. The molecule has 0 saturated carbocycles. The number of aromatic nitrogens is 3. The first kappa shape index (κ1) is 18.3. The predicted molar refractivity (Wildman–Crippen MR) is 98.8 cm³/mol. The van der Waals surface area contributed by atoms with Gasteiger partial charge in [-0.2, -0.15) is 0 Å². The Morgan fingerprint density at radius 3 is 2.85 bits per heavy atom. The van der Waals surface area contributed by atoms with Crippen molar-refractivity contribution in [2.75, 3.05) is 16.4 Å². The lowest BCUT2D eigenvalue weighted by Gasteiger charge is -2.01. The molecule has 1 amide bonds. The Morgan fingerprint density at radius 2 is 2.12 bits per heavy atom. The number of halogens is 1. The summed E-state index contributed by atoms with van der Waals surface area (Å²) in [6.07, 6.45) is 0.328. The summed E-state index contributed by atoms with van der Waals surface area (Å²) in [4.78, 5) is 11.8. The van der Waals surface area contributed by atoms with Crippen LogP contribution in [0.1, 0.15) is 17.7 Å². The number of carbonyl (C=O) groups is 1. The van der Waals surface area contributed by atoms with Crippen LogP contribution in [0, 0.1) is 12.7 Å². The van der Waals surface area contributed by atoms with E-state index in [2.05, 4.69) is 26.0 Å². The number of nitrogens with one attached hydrogen (secondary N) is 2. The van der Waals surface area contributed by atoms with Gasteiger partial charge in [-0.15, -0.1) is 10.2 Å². The standard InChI is InChI=1S/C16H16FN5O2S2/c1-10-8-13(22-24-10)19-14(23)6-7-25-16-21-20-15(26-16)18-9-11-2-4-12(17)5-3-11/h2-5,8H,6-7,9H2,1H3,(H,18,20)(H,19,22,23). The molecule has 0 spiro atoms. The molecule has 26 heavy (non-hydrogen) atoms. The van der Waals surface area contributed by atoms with Crippen LogP contribution in [0.25, 0.3) is 0 Å². The van der Waals surface area contributed by atoms with Crippen molar-refractivity contribution in [3.05, 3.63) is 47.5 Å². The van der Waals surface area contributed by atoms with Gasteiger partial charge >= 0.3 is 0 Å². The van der Waals surface area contributed by atoms with Crippen molar-refractivity contribution in [3.63, 3.8) is 0 Å². The van der Waals surface area contributed by atoms with Gasteiger partial charge in [-0.3, -0.25) is 4.79 Å². The second kappa shape index (κ2) is 8.77. The van der Waals surface area contributed by atoms with Crippen molar-refractivity contribution in [1.82, 2.24) is 15.4 Å². The molecule has 3 rings (SSSR count). The number of rotatable bonds is 8. The number of aryl methyl sites for hydroxylation is 1. The van der Waals surface area contributed by atoms with Crippen molar-refractivity contribution in [2.24, 2.45) is 0 Å². The minimum atomic E-state index is -0.258. The van der Waals surface area contributed by atoms with E-state index in [1.807, 2.05) is 0 Å². The third kappa shape index (κ3) is 5.53. The third-order valence-electron chi connectivity index (χ3n) is 3.21. The molecule has 0 aliphatic rings. The fourth-order valence-electron chi connectivity index (χ4n) is 1.98. The summed E-state index contributed by atoms with van der Waals surface area (Å²) >= 11 is 2.87. The van der Waals surface area contributed by atoms with Crippen LogP contribution in [-0.2, 0) is 11.3 Å². The lowest BCUT2D eigenvalue weighted by molar-refractivity contribution is -0.115. The maximum atomic E-state index is 12.9. The second-order valence-electron chi connectivity index (χ2n) is 5.32. The Morgan fingerprint density at radius 1 is 1.31 bits per heavy atom. The molecule has 10 heteroatoms. The molecule has 0 unspecified atom stereocenters. The molecule has 0 aliphatic carbocycles. The van der Waals surface area contributed by atoms with Gasteiger partial charge in [0.2, 0.25) is 11.0 Å². The van der Waals surface area contributed by atoms with E-state index >= 15 is 0 Å². The fraction of sp³-hybridized carbons (Fsp3) is 0.250. The lowest BCUT2D eigenvalue weighted by Crippen LogP contribution is -2.12. The minimum absolute atomic E-state index is 0.134. The zero-order chi connectivity index (χ0) is 18.4. The topological polar surface area (TPSA) is 92.9 Å². The maximum Gasteiger partial charge on any atom is 0.226 e. The Hall–Kier alpha value is -2.46. The van der Waals surface area contributed by atoms with E-state index in [0.29, 0.717) is 35.4 Å². The Kier molecular flexibility index (Phi) is 6.18. The molecule has 0 atom stereocenters. The summed E-state index contributed by atoms with van der Waals surface area (Å²) in [6, 6.07) is 7.94. The highest BCUT2D eigenvalue weighted by Gasteiger charge is 2.09. The maximum absolute atomic E-state index is 12.9. The van der Waals surface area contributed by atoms with Crippen LogP contribution < -0.4 is 10.6 Å². The normalized spacial score (nSPS) is 10.7. The van der Waals surface area contributed by atoms with E-state index in [1.165, 1.54) is 35.2 Å². The van der Waals surface area contributed by atoms with Gasteiger partial charge < -0.3 is 15.2 Å². The zero-order valence-corrected chi connectivity index (χ0v) is 15.5. The zero-order valence-electron chi connectivity index (χ0n) is 13.9. The summed E-state index contributed by atoms with van der Waals surface area (Å²) in [5, 5.41) is 18.3. The van der Waals surface area contributed by atoms with Crippen molar-refractivity contribution in [3.8, 4) is 0 Å². The molecule has 0 saturated heterocycles. The van der Waals surface area contributed by atoms with Gasteiger partial charge in [0, 0.05) is 24.8 Å². The average molecular weight is 393 g/mol. The molecular weight excluding hydrogens is 377 g/mol. The molecule has 2 aromatic heterocycles. The van der Waals surface area contributed by atoms with Crippen LogP contribution in [0.15, 0.2) is 39.2 Å². The molecule has 3 aromatic rings. The number of hydrogen-bond donors (Lipinski definition) is 2. The van der Waals surface area contributed by atoms with Gasteiger partial charge in [0.15, 0.2) is 10.2 Å². The Labute approximate surface area is 157 Å². The van der Waals surface area contributed by atoms with Crippen molar-refractivity contribution >= 4 is 40.0 Å². The molecule has 2 heterocycles. The Balaban J connectivity index is 1.39. The highest BCUT2D eigenvalue weighted by Crippen LogP contribution is 2.26. The van der Waals surface area contributed by atoms with Crippen LogP contribution in [0.3, 0.4) is 0 Å². The van der Waals surface area contributed by atoms with E-state index in [-0.39, 0.29) is 11.7 Å². The van der Waals surface area contributed by atoms with E-state index in [1.54, 1.807) is 25.1 Å². The summed E-state index contributed by atoms with van der Waals surface area (Å²) < 4.78 is 18.5. The first-order valence-electron chi connectivity index (χ1n) is 7.76. The molecule has 136 valence electrons. The highest BCUT2D eigenvalue weighted by molar-refractivity contribution is 8.01. The minimum Gasteiger partial charge on any atom is -0.360 e. The third-order valence-corrected chi connectivity index (χ3v) is 5.23. The molecule has 1 aromatic carbocycles. The molecule has 0 aliphatic heterocycles. The van der Waals surface area contributed by atoms with Crippen molar-refractivity contribution < 1.29 is 13.7 Å². The first-order chi connectivity index (χ1) is 12.6. The predicted octanol–water partition coefficient (Wildman–Crippen LogP) is 3.71. The number of thioether (sulfide) groups is 1. The molecule has 0 fully saturated rings. The van der Waals surface area contributed by atoms with E-state index in [0.717, 1.165) is 9.90 Å². The van der Waals surface area contributed by atoms with Crippen LogP contribution in [0.4, 0.5) is 15.3 Å². The molecule has 0 radical (unpaired) electrons. The largest absolute Gasteiger partial charge is 0.360 e. The number of benzene rings is 1. The van der Waals surface area contributed by atoms with Gasteiger partial charge in [0.25, 0.3) is 0 Å². The van der Waals surface area contributed by atoms with Crippen molar-refractivity contribution in [2.45, 2.75) is 24.2 Å². The smallest absolute Gasteiger partial charge is 0.226 e. The molecular formula is C16H16FN5O2S2. The van der Waals surface area contributed by atoms with Gasteiger partial charge in [0.05, 0.1) is 0 Å². The van der Waals surface area contributed by atoms with Crippen LogP contribution in [0.5, 0.6) is 0 Å². The van der Waals surface area contributed by atoms with Gasteiger partial charge in [0.1, 0.15) is 11.6 Å². The van der Waals surface area contributed by atoms with Gasteiger partial charge in [-0.05, 0) is 24.6 Å². The lowest BCUT2D eigenvalue weighted by atomic mass is 10.2. The molecule has 7 nitrogen and oxygen atoms in total. The summed E-state index contributed by atoms with van der Waals surface area (Å²) in [6.45, 7) is 2.30. The van der Waals surface area contributed by atoms with Crippen molar-refractivity contribution in [1.29, 1.82) is 0 Å². The van der Waals surface area contributed by atoms with E-state index in [9.17, 15) is 9.18 Å². The highest BCUT2D eigenvalue weighted by atomic mass is 32.2. The average Bonchev–Trinajstić information content (AvgIpc) is 3.23. The van der Waals surface area contributed by atoms with Crippen LogP contribution in [-0.4, -0.2) is 27.0 Å². The number of amides is 1. The number of anilines is 2. The number of carbonyl (C=O) groups excluding carboxylic acids is 1. The van der Waals surface area contributed by atoms with Crippen LogP contribution in [0.2, 0.25) is 0 Å². The SMILES string of the molecule is Cc1cc(NC(=O)CCSc2nnc(NCc3ccc(F)cc3)s2)no1. The summed E-state index contributed by atoms with van der Waals surface area (Å²) in [5.74, 6) is 1.25. The molecule has 2 N–H and O–H groups in total.